The molecule has 0 aromatic carbocycles. The van der Waals surface area contributed by atoms with Crippen LogP contribution in [0.5, 0.6) is 0 Å². The highest BCUT2D eigenvalue weighted by Crippen LogP contribution is 2.34. The molecule has 0 radical (unpaired) electrons. The molecule has 13 heavy (non-hydrogen) atoms. The van der Waals surface area contributed by atoms with Gasteiger partial charge in [0.25, 0.3) is 0 Å². The second kappa shape index (κ2) is 4.97. The lowest BCUT2D eigenvalue weighted by molar-refractivity contribution is 0.128. The first-order valence-electron chi connectivity index (χ1n) is 5.49. The Hall–Kier alpha value is -0.0800. The standard InChI is InChI=1S/C11H24N2/c1-11(5-4-8-12-2)6-9-13(3)10-7-11/h12H,4-10H2,1-3H3. The third kappa shape index (κ3) is 3.65. The Bertz CT molecular complexity index is 137. The Labute approximate surface area is 82.7 Å². The topological polar surface area (TPSA) is 15.3 Å². The van der Waals surface area contributed by atoms with Crippen molar-refractivity contribution in [2.45, 2.75) is 32.6 Å². The third-order valence-corrected chi connectivity index (χ3v) is 3.40. The van der Waals surface area contributed by atoms with E-state index in [0.717, 1.165) is 0 Å². The fraction of sp³-hybridized carbons (Fsp3) is 1.00. The number of hydrogen-bond donors (Lipinski definition) is 1. The molecule has 0 unspecified atom stereocenters. The van der Waals surface area contributed by atoms with Gasteiger partial charge in [0.15, 0.2) is 0 Å². The average Bonchev–Trinajstić information content (AvgIpc) is 2.12. The molecule has 2 nitrogen and oxygen atoms in total. The zero-order valence-corrected chi connectivity index (χ0v) is 9.40. The number of piperidine rings is 1. The lowest BCUT2D eigenvalue weighted by Crippen LogP contribution is -2.36. The van der Waals surface area contributed by atoms with Gasteiger partial charge in [-0.3, -0.25) is 0 Å². The van der Waals surface area contributed by atoms with Crippen molar-refractivity contribution in [3.8, 4) is 0 Å². The van der Waals surface area contributed by atoms with E-state index in [-0.39, 0.29) is 0 Å². The van der Waals surface area contributed by atoms with Crippen LogP contribution in [0.15, 0.2) is 0 Å². The number of hydrogen-bond acceptors (Lipinski definition) is 2. The van der Waals surface area contributed by atoms with Crippen LogP contribution in [0.25, 0.3) is 0 Å². The molecule has 1 saturated heterocycles. The third-order valence-electron chi connectivity index (χ3n) is 3.40. The van der Waals surface area contributed by atoms with Crippen molar-refractivity contribution >= 4 is 0 Å². The van der Waals surface area contributed by atoms with Crippen LogP contribution in [-0.4, -0.2) is 38.6 Å². The van der Waals surface area contributed by atoms with Crippen molar-refractivity contribution in [2.24, 2.45) is 5.41 Å². The zero-order valence-electron chi connectivity index (χ0n) is 9.40. The predicted molar refractivity (Wildman–Crippen MR) is 58.0 cm³/mol. The molecule has 0 aromatic rings. The second-order valence-corrected chi connectivity index (χ2v) is 4.82. The summed E-state index contributed by atoms with van der Waals surface area (Å²) in [6.45, 7) is 6.20. The quantitative estimate of drug-likeness (QED) is 0.669. The van der Waals surface area contributed by atoms with E-state index in [1.165, 1.54) is 45.3 Å². The molecule has 0 bridgehead atoms. The van der Waals surface area contributed by atoms with Crippen LogP contribution in [0.4, 0.5) is 0 Å². The van der Waals surface area contributed by atoms with Crippen LogP contribution in [0.2, 0.25) is 0 Å². The molecule has 1 N–H and O–H groups in total. The normalized spacial score (nSPS) is 23.3. The zero-order chi connectivity index (χ0) is 9.73. The molecule has 1 fully saturated rings. The molecule has 0 amide bonds. The summed E-state index contributed by atoms with van der Waals surface area (Å²) in [7, 11) is 4.27. The first-order chi connectivity index (χ1) is 6.16. The maximum absolute atomic E-state index is 3.22. The molecule has 1 aliphatic rings. The van der Waals surface area contributed by atoms with Gasteiger partial charge in [-0.1, -0.05) is 6.92 Å². The molecule has 0 atom stereocenters. The predicted octanol–water partition coefficient (Wildman–Crippen LogP) is 1.72. The fourth-order valence-corrected chi connectivity index (χ4v) is 2.10. The highest BCUT2D eigenvalue weighted by atomic mass is 15.1. The number of nitrogens with zero attached hydrogens (tertiary/aromatic N) is 1. The minimum absolute atomic E-state index is 0.628. The lowest BCUT2D eigenvalue weighted by Gasteiger charge is -2.38. The minimum atomic E-state index is 0.628. The van der Waals surface area contributed by atoms with Gasteiger partial charge in [0.1, 0.15) is 0 Å². The largest absolute Gasteiger partial charge is 0.320 e. The van der Waals surface area contributed by atoms with Gasteiger partial charge >= 0.3 is 0 Å². The van der Waals surface area contributed by atoms with Gasteiger partial charge in [-0.25, -0.2) is 0 Å². The smallest absolute Gasteiger partial charge is 0.00166 e. The van der Waals surface area contributed by atoms with Crippen LogP contribution in [0, 0.1) is 5.41 Å². The number of nitrogens with one attached hydrogen (secondary N) is 1. The summed E-state index contributed by atoms with van der Waals surface area (Å²) in [4.78, 5) is 2.44. The van der Waals surface area contributed by atoms with Crippen molar-refractivity contribution in [1.29, 1.82) is 0 Å². The van der Waals surface area contributed by atoms with Gasteiger partial charge in [0.05, 0.1) is 0 Å². The Morgan fingerprint density at radius 1 is 1.31 bits per heavy atom. The van der Waals surface area contributed by atoms with Gasteiger partial charge in [-0.05, 0) is 64.8 Å². The highest BCUT2D eigenvalue weighted by Gasteiger charge is 2.27. The van der Waals surface area contributed by atoms with Crippen molar-refractivity contribution in [3.63, 3.8) is 0 Å². The molecular weight excluding hydrogens is 160 g/mol. The molecule has 1 heterocycles. The van der Waals surface area contributed by atoms with Gasteiger partial charge in [-0.15, -0.1) is 0 Å². The monoisotopic (exact) mass is 184 g/mol. The first kappa shape index (κ1) is 11.0. The Morgan fingerprint density at radius 3 is 2.46 bits per heavy atom. The summed E-state index contributed by atoms with van der Waals surface area (Å²) >= 11 is 0. The van der Waals surface area contributed by atoms with Crippen molar-refractivity contribution in [2.75, 3.05) is 33.7 Å². The van der Waals surface area contributed by atoms with E-state index >= 15 is 0 Å². The van der Waals surface area contributed by atoms with E-state index in [1.807, 2.05) is 7.05 Å². The molecular formula is C11H24N2. The van der Waals surface area contributed by atoms with Crippen molar-refractivity contribution in [1.82, 2.24) is 10.2 Å². The van der Waals surface area contributed by atoms with E-state index in [4.69, 9.17) is 0 Å². The average molecular weight is 184 g/mol. The number of rotatable bonds is 4. The van der Waals surface area contributed by atoms with Crippen LogP contribution in [-0.2, 0) is 0 Å². The summed E-state index contributed by atoms with van der Waals surface area (Å²) in [6.07, 6.45) is 5.48. The Kier molecular flexibility index (Phi) is 4.20. The van der Waals surface area contributed by atoms with Crippen LogP contribution < -0.4 is 5.32 Å². The molecule has 0 aliphatic carbocycles. The summed E-state index contributed by atoms with van der Waals surface area (Å²) in [5.41, 5.74) is 0.628. The Morgan fingerprint density at radius 2 is 1.92 bits per heavy atom. The molecule has 1 rings (SSSR count). The molecule has 0 spiro atoms. The van der Waals surface area contributed by atoms with Gasteiger partial charge in [0, 0.05) is 0 Å². The lowest BCUT2D eigenvalue weighted by atomic mass is 9.77. The second-order valence-electron chi connectivity index (χ2n) is 4.82. The fourth-order valence-electron chi connectivity index (χ4n) is 2.10. The van der Waals surface area contributed by atoms with E-state index in [9.17, 15) is 0 Å². The molecule has 0 saturated carbocycles. The first-order valence-corrected chi connectivity index (χ1v) is 5.49. The molecule has 2 heteroatoms. The van der Waals surface area contributed by atoms with Crippen LogP contribution in [0.3, 0.4) is 0 Å². The molecule has 0 aromatic heterocycles. The highest BCUT2D eigenvalue weighted by molar-refractivity contribution is 4.81. The van der Waals surface area contributed by atoms with Crippen LogP contribution in [0.1, 0.15) is 32.6 Å². The van der Waals surface area contributed by atoms with E-state index in [1.54, 1.807) is 0 Å². The van der Waals surface area contributed by atoms with Crippen LogP contribution >= 0.6 is 0 Å². The Balaban J connectivity index is 2.22. The maximum atomic E-state index is 3.22. The minimum Gasteiger partial charge on any atom is -0.320 e. The molecule has 1 aliphatic heterocycles. The van der Waals surface area contributed by atoms with Crippen molar-refractivity contribution < 1.29 is 0 Å². The van der Waals surface area contributed by atoms with Gasteiger partial charge in [-0.2, -0.15) is 0 Å². The summed E-state index contributed by atoms with van der Waals surface area (Å²) in [6, 6.07) is 0. The van der Waals surface area contributed by atoms with Crippen molar-refractivity contribution in [3.05, 3.63) is 0 Å². The summed E-state index contributed by atoms with van der Waals surface area (Å²) in [5.74, 6) is 0. The van der Waals surface area contributed by atoms with Gasteiger partial charge < -0.3 is 10.2 Å². The SMILES string of the molecule is CNCCCC1(C)CCN(C)CC1. The summed E-state index contributed by atoms with van der Waals surface area (Å²) < 4.78 is 0. The molecule has 78 valence electrons. The maximum Gasteiger partial charge on any atom is -0.00166 e. The van der Waals surface area contributed by atoms with E-state index in [0.29, 0.717) is 5.41 Å². The van der Waals surface area contributed by atoms with Gasteiger partial charge in [0.2, 0.25) is 0 Å². The van der Waals surface area contributed by atoms with E-state index in [2.05, 4.69) is 24.2 Å². The van der Waals surface area contributed by atoms with E-state index < -0.39 is 0 Å². The number of likely N-dealkylation sites (tertiary alicyclic amines) is 1. The summed E-state index contributed by atoms with van der Waals surface area (Å²) in [5, 5.41) is 3.22.